The number of amides is 4. The quantitative estimate of drug-likeness (QED) is 0.546. The topological polar surface area (TPSA) is 120 Å². The molecule has 1 atom stereocenters. The maximum atomic E-state index is 13.3. The Labute approximate surface area is 217 Å². The standard InChI is InChI=1S/C24H26F3N5O5S/c1-23(2)21(34)32(16-6-8-17(9-7-16)38(36,37)24(25,26)27)22(35)31(23)14-15-10-11-28-19(13-15)29-18-5-4-12-30(3)20(18)33/h6-11,13,18H,4-5,12,14H2,1-3H3,(H,28,29). The molecular weight excluding hydrogens is 527 g/mol. The molecule has 0 radical (unpaired) electrons. The van der Waals surface area contributed by atoms with Gasteiger partial charge in [-0.2, -0.15) is 13.2 Å². The molecule has 4 amide bonds. The van der Waals surface area contributed by atoms with Crippen molar-refractivity contribution >= 4 is 39.2 Å². The number of rotatable bonds is 6. The van der Waals surface area contributed by atoms with Gasteiger partial charge in [0.15, 0.2) is 0 Å². The van der Waals surface area contributed by atoms with Gasteiger partial charge in [-0.3, -0.25) is 9.59 Å². The third-order valence-electron chi connectivity index (χ3n) is 6.68. The molecule has 0 spiro atoms. The second-order valence-electron chi connectivity index (χ2n) is 9.66. The normalized spacial score (nSPS) is 20.3. The number of nitrogens with zero attached hydrogens (tertiary/aromatic N) is 4. The summed E-state index contributed by atoms with van der Waals surface area (Å²) in [5.74, 6) is -0.239. The lowest BCUT2D eigenvalue weighted by atomic mass is 10.0. The fourth-order valence-corrected chi connectivity index (χ4v) is 5.18. The van der Waals surface area contributed by atoms with Crippen molar-refractivity contribution in [2.24, 2.45) is 0 Å². The van der Waals surface area contributed by atoms with Crippen molar-refractivity contribution in [3.63, 3.8) is 0 Å². The van der Waals surface area contributed by atoms with Crippen LogP contribution in [0, 0.1) is 0 Å². The predicted octanol–water partition coefficient (Wildman–Crippen LogP) is 3.16. The van der Waals surface area contributed by atoms with Crippen LogP contribution in [0.2, 0.25) is 0 Å². The minimum absolute atomic E-state index is 0.00429. The van der Waals surface area contributed by atoms with Crippen molar-refractivity contribution in [1.29, 1.82) is 0 Å². The molecule has 0 bridgehead atoms. The number of likely N-dealkylation sites (N-methyl/N-ethyl adjacent to an activating group) is 1. The number of carbonyl (C=O) groups is 3. The van der Waals surface area contributed by atoms with Gasteiger partial charge in [0.2, 0.25) is 5.91 Å². The maximum Gasteiger partial charge on any atom is 0.501 e. The van der Waals surface area contributed by atoms with Crippen molar-refractivity contribution in [2.45, 2.75) is 55.2 Å². The molecule has 2 aromatic rings. The number of carbonyl (C=O) groups excluding carboxylic acids is 3. The van der Waals surface area contributed by atoms with E-state index in [4.69, 9.17) is 0 Å². The van der Waals surface area contributed by atoms with Gasteiger partial charge in [-0.05, 0) is 68.7 Å². The number of aromatic nitrogens is 1. The minimum atomic E-state index is -5.57. The van der Waals surface area contributed by atoms with E-state index in [0.717, 1.165) is 23.5 Å². The van der Waals surface area contributed by atoms with Crippen molar-refractivity contribution in [3.8, 4) is 0 Å². The molecule has 1 aromatic carbocycles. The highest BCUT2D eigenvalue weighted by Gasteiger charge is 2.52. The van der Waals surface area contributed by atoms with Gasteiger partial charge in [0.25, 0.3) is 15.7 Å². The summed E-state index contributed by atoms with van der Waals surface area (Å²) in [5.41, 5.74) is -6.23. The Morgan fingerprint density at radius 3 is 2.39 bits per heavy atom. The van der Waals surface area contributed by atoms with Gasteiger partial charge < -0.3 is 15.1 Å². The number of hydrogen-bond acceptors (Lipinski definition) is 7. The van der Waals surface area contributed by atoms with Gasteiger partial charge in [0.05, 0.1) is 10.6 Å². The van der Waals surface area contributed by atoms with E-state index in [2.05, 4.69) is 10.3 Å². The number of pyridine rings is 1. The second-order valence-corrected chi connectivity index (χ2v) is 11.6. The van der Waals surface area contributed by atoms with Crippen molar-refractivity contribution in [2.75, 3.05) is 23.8 Å². The molecule has 4 rings (SSSR count). The zero-order valence-corrected chi connectivity index (χ0v) is 21.6. The Morgan fingerprint density at radius 1 is 1.11 bits per heavy atom. The summed E-state index contributed by atoms with van der Waals surface area (Å²) >= 11 is 0. The number of piperidine rings is 1. The molecule has 2 aliphatic rings. The Balaban J connectivity index is 1.55. The van der Waals surface area contributed by atoms with Crippen LogP contribution >= 0.6 is 0 Å². The van der Waals surface area contributed by atoms with Crippen LogP contribution < -0.4 is 10.2 Å². The average molecular weight is 554 g/mol. The summed E-state index contributed by atoms with van der Waals surface area (Å²) in [6.45, 7) is 3.76. The van der Waals surface area contributed by atoms with E-state index in [0.29, 0.717) is 36.5 Å². The summed E-state index contributed by atoms with van der Waals surface area (Å²) in [5, 5.41) is 3.12. The molecule has 1 aromatic heterocycles. The van der Waals surface area contributed by atoms with E-state index in [1.165, 1.54) is 24.9 Å². The number of benzene rings is 1. The first kappa shape index (κ1) is 27.4. The number of imide groups is 1. The van der Waals surface area contributed by atoms with Gasteiger partial charge in [-0.15, -0.1) is 0 Å². The first-order chi connectivity index (χ1) is 17.6. The lowest BCUT2D eigenvalue weighted by Gasteiger charge is -2.30. The molecule has 14 heteroatoms. The van der Waals surface area contributed by atoms with Crippen LogP contribution in [0.15, 0.2) is 47.5 Å². The summed E-state index contributed by atoms with van der Waals surface area (Å²) < 4.78 is 61.9. The third-order valence-corrected chi connectivity index (χ3v) is 8.18. The second kappa shape index (κ2) is 9.57. The smallest absolute Gasteiger partial charge is 0.358 e. The Morgan fingerprint density at radius 2 is 1.76 bits per heavy atom. The zero-order valence-electron chi connectivity index (χ0n) is 20.8. The van der Waals surface area contributed by atoms with E-state index in [1.807, 2.05) is 0 Å². The molecule has 10 nitrogen and oxygen atoms in total. The molecule has 3 heterocycles. The van der Waals surface area contributed by atoms with Crippen LogP contribution in [0.4, 0.5) is 29.5 Å². The Bertz CT molecular complexity index is 1380. The molecule has 2 saturated heterocycles. The van der Waals surface area contributed by atoms with Gasteiger partial charge in [-0.25, -0.2) is 23.1 Å². The number of sulfone groups is 1. The van der Waals surface area contributed by atoms with Crippen LogP contribution in [-0.4, -0.2) is 71.7 Å². The highest BCUT2D eigenvalue weighted by Crippen LogP contribution is 2.35. The van der Waals surface area contributed by atoms with Crippen LogP contribution in [0.25, 0.3) is 0 Å². The van der Waals surface area contributed by atoms with Crippen LogP contribution in [0.3, 0.4) is 0 Å². The highest BCUT2D eigenvalue weighted by atomic mass is 32.2. The third kappa shape index (κ3) is 4.79. The number of halogens is 3. The zero-order chi connectivity index (χ0) is 28.0. The van der Waals surface area contributed by atoms with E-state index in [9.17, 15) is 36.0 Å². The fourth-order valence-electron chi connectivity index (χ4n) is 4.42. The first-order valence-electron chi connectivity index (χ1n) is 11.7. The van der Waals surface area contributed by atoms with Gasteiger partial charge in [0, 0.05) is 26.3 Å². The largest absolute Gasteiger partial charge is 0.501 e. The number of alkyl halides is 3. The molecule has 0 saturated carbocycles. The van der Waals surface area contributed by atoms with Crippen molar-refractivity contribution in [1.82, 2.24) is 14.8 Å². The van der Waals surface area contributed by atoms with Gasteiger partial charge in [0.1, 0.15) is 17.4 Å². The summed E-state index contributed by atoms with van der Waals surface area (Å²) in [6.07, 6.45) is 3.01. The highest BCUT2D eigenvalue weighted by molar-refractivity contribution is 7.92. The number of anilines is 2. The monoisotopic (exact) mass is 553 g/mol. The Kier molecular flexibility index (Phi) is 6.89. The van der Waals surface area contributed by atoms with E-state index >= 15 is 0 Å². The number of urea groups is 1. The van der Waals surface area contributed by atoms with Crippen LogP contribution in [0.5, 0.6) is 0 Å². The molecule has 2 fully saturated rings. The lowest BCUT2D eigenvalue weighted by molar-refractivity contribution is -0.132. The maximum absolute atomic E-state index is 13.3. The SMILES string of the molecule is CN1CCCC(Nc2cc(CN3C(=O)N(c4ccc(S(=O)(=O)C(F)(F)F)cc4)C(=O)C3(C)C)ccn2)C1=O. The molecule has 38 heavy (non-hydrogen) atoms. The van der Waals surface area contributed by atoms with E-state index < -0.39 is 43.8 Å². The summed E-state index contributed by atoms with van der Waals surface area (Å²) in [6, 6.07) is 5.58. The van der Waals surface area contributed by atoms with E-state index in [-0.39, 0.29) is 18.1 Å². The van der Waals surface area contributed by atoms with Gasteiger partial charge in [-0.1, -0.05) is 0 Å². The van der Waals surface area contributed by atoms with Gasteiger partial charge >= 0.3 is 11.5 Å². The van der Waals surface area contributed by atoms with Crippen molar-refractivity contribution < 1.29 is 36.0 Å². The molecule has 0 aliphatic carbocycles. The lowest BCUT2D eigenvalue weighted by Crippen LogP contribution is -2.45. The number of hydrogen-bond donors (Lipinski definition) is 1. The van der Waals surface area contributed by atoms with Crippen molar-refractivity contribution in [3.05, 3.63) is 48.2 Å². The molecule has 1 unspecified atom stereocenters. The molecule has 204 valence electrons. The van der Waals surface area contributed by atoms with Crippen LogP contribution in [-0.2, 0) is 26.0 Å². The van der Waals surface area contributed by atoms with E-state index in [1.54, 1.807) is 24.1 Å². The minimum Gasteiger partial charge on any atom is -0.358 e. The molecular formula is C24H26F3N5O5S. The number of nitrogens with one attached hydrogen (secondary N) is 1. The summed E-state index contributed by atoms with van der Waals surface area (Å²) in [7, 11) is -3.85. The Hall–Kier alpha value is -3.68. The van der Waals surface area contributed by atoms with Crippen LogP contribution in [0.1, 0.15) is 32.3 Å². The average Bonchev–Trinajstić information content (AvgIpc) is 3.01. The number of likely N-dealkylation sites (tertiary alicyclic amines) is 1. The molecule has 1 N–H and O–H groups in total. The first-order valence-corrected chi connectivity index (χ1v) is 13.2. The fraction of sp³-hybridized carbons (Fsp3) is 0.417. The predicted molar refractivity (Wildman–Crippen MR) is 131 cm³/mol. The summed E-state index contributed by atoms with van der Waals surface area (Å²) in [4.78, 5) is 45.9. The molecule has 2 aliphatic heterocycles.